The number of likely N-dealkylation sites (tertiary alicyclic amines) is 1. The largest absolute Gasteiger partial charge is 0.462 e. The van der Waals surface area contributed by atoms with Crippen molar-refractivity contribution in [2.75, 3.05) is 44.7 Å². The lowest BCUT2D eigenvalue weighted by atomic mass is 9.95. The molecule has 4 heterocycles. The Kier molecular flexibility index (Phi) is 8.48. The van der Waals surface area contributed by atoms with Crippen LogP contribution in [0.25, 0.3) is 32.9 Å². The lowest BCUT2D eigenvalue weighted by molar-refractivity contribution is -0.131. The fraction of sp³-hybridized carbons (Fsp3) is 0.333. The van der Waals surface area contributed by atoms with Crippen molar-refractivity contribution in [2.24, 2.45) is 0 Å². The van der Waals surface area contributed by atoms with Crippen molar-refractivity contribution >= 4 is 45.1 Å². The number of hydrogen-bond acceptors (Lipinski definition) is 9. The minimum atomic E-state index is -1.08. The summed E-state index contributed by atoms with van der Waals surface area (Å²) in [5.41, 5.74) is 2.28. The second-order valence-corrected chi connectivity index (χ2v) is 11.7. The zero-order valence-corrected chi connectivity index (χ0v) is 25.5. The number of nitriles is 2. The Bertz CT molecular complexity index is 1900. The number of anilines is 1. The number of hydrogen-bond donors (Lipinski definition) is 0. The molecule has 0 spiro atoms. The maximum atomic E-state index is 13.8. The van der Waals surface area contributed by atoms with Gasteiger partial charge in [0.2, 0.25) is 0 Å². The summed E-state index contributed by atoms with van der Waals surface area (Å²) in [6, 6.07) is 15.5. The van der Waals surface area contributed by atoms with Gasteiger partial charge in [-0.15, -0.1) is 0 Å². The molecule has 1 amide bonds. The monoisotopic (exact) mass is 624 g/mol. The van der Waals surface area contributed by atoms with Gasteiger partial charge in [-0.1, -0.05) is 48.5 Å². The van der Waals surface area contributed by atoms with E-state index in [9.17, 15) is 19.7 Å². The number of benzene rings is 2. The summed E-state index contributed by atoms with van der Waals surface area (Å²) in [4.78, 5) is 32.2. The van der Waals surface area contributed by atoms with E-state index >= 15 is 0 Å². The molecular weight excluding hydrogens is 595 g/mol. The number of carbonyl (C=O) groups is 1. The molecule has 0 saturated carbocycles. The molecule has 2 aromatic heterocycles. The molecule has 2 atom stereocenters. The van der Waals surface area contributed by atoms with E-state index in [1.165, 1.54) is 4.90 Å². The molecule has 10 nitrogen and oxygen atoms in total. The van der Waals surface area contributed by atoms with E-state index in [1.54, 1.807) is 12.3 Å². The molecule has 228 valence electrons. The van der Waals surface area contributed by atoms with Crippen molar-refractivity contribution < 1.29 is 13.9 Å². The molecule has 12 heteroatoms. The molecule has 2 aliphatic heterocycles. The van der Waals surface area contributed by atoms with Crippen LogP contribution in [0.2, 0.25) is 5.02 Å². The van der Waals surface area contributed by atoms with Gasteiger partial charge >= 0.3 is 6.01 Å². The second kappa shape index (κ2) is 12.6. The maximum Gasteiger partial charge on any atom is 0.319 e. The second-order valence-electron chi connectivity index (χ2n) is 11.3. The number of likely N-dealkylation sites (N-methyl/N-ethyl adjacent to an activating group) is 1. The van der Waals surface area contributed by atoms with E-state index in [0.29, 0.717) is 34.0 Å². The van der Waals surface area contributed by atoms with Crippen molar-refractivity contribution in [3.8, 4) is 29.3 Å². The highest BCUT2D eigenvalue weighted by Gasteiger charge is 2.34. The van der Waals surface area contributed by atoms with Gasteiger partial charge in [-0.25, -0.2) is 9.37 Å². The van der Waals surface area contributed by atoms with Gasteiger partial charge in [0.15, 0.2) is 11.6 Å². The standard InChI is InChI=1S/C33H30ClFN8O2/c1-20(35)32(44)43-15-14-42(18-22(43)11-12-36)31-30-29(39-33(40-31)45-19-23-8-5-13-41(23)2)25(16-37)26(17-38-30)24-9-3-6-21-7-4-10-27(34)28(21)24/h3-4,6-7,9-10,17,22-23H,1,5,8,11,13-15,18-19H2,2H3. The van der Waals surface area contributed by atoms with E-state index < -0.39 is 17.8 Å². The van der Waals surface area contributed by atoms with Gasteiger partial charge in [0.25, 0.3) is 5.91 Å². The quantitative estimate of drug-likeness (QED) is 0.253. The molecule has 0 bridgehead atoms. The number of amides is 1. The first-order valence-corrected chi connectivity index (χ1v) is 15.1. The molecule has 4 aromatic rings. The Morgan fingerprint density at radius 1 is 1.11 bits per heavy atom. The van der Waals surface area contributed by atoms with Crippen molar-refractivity contribution in [1.82, 2.24) is 24.8 Å². The fourth-order valence-corrected chi connectivity index (χ4v) is 6.55. The van der Waals surface area contributed by atoms with Crippen LogP contribution in [-0.4, -0.2) is 82.6 Å². The van der Waals surface area contributed by atoms with Crippen LogP contribution < -0.4 is 9.64 Å². The number of fused-ring (bicyclic) bond motifs is 2. The SMILES string of the molecule is C=C(F)C(=O)N1CCN(c2nc(OCC3CCCN3C)nc3c(C#N)c(-c4cccc5cccc(Cl)c45)cnc23)CC1CC#N. The third-order valence-electron chi connectivity index (χ3n) is 8.61. The first-order valence-electron chi connectivity index (χ1n) is 14.7. The zero-order chi connectivity index (χ0) is 31.7. The number of pyridine rings is 1. The third kappa shape index (κ3) is 5.73. The molecule has 0 aliphatic carbocycles. The van der Waals surface area contributed by atoms with Crippen molar-refractivity contribution in [3.05, 3.63) is 65.6 Å². The molecule has 0 radical (unpaired) electrons. The summed E-state index contributed by atoms with van der Waals surface area (Å²) in [6.07, 6.45) is 3.67. The van der Waals surface area contributed by atoms with Crippen LogP contribution in [0.4, 0.5) is 10.2 Å². The van der Waals surface area contributed by atoms with Crippen LogP contribution >= 0.6 is 11.6 Å². The topological polar surface area (TPSA) is 122 Å². The molecule has 2 aliphatic rings. The molecular formula is C33H30ClFN8O2. The number of carbonyl (C=O) groups excluding carboxylic acids is 1. The summed E-state index contributed by atoms with van der Waals surface area (Å²) in [6.45, 7) is 5.10. The summed E-state index contributed by atoms with van der Waals surface area (Å²) < 4.78 is 20.0. The van der Waals surface area contributed by atoms with Gasteiger partial charge in [0.05, 0.1) is 24.1 Å². The molecule has 2 unspecified atom stereocenters. The van der Waals surface area contributed by atoms with Gasteiger partial charge in [-0.3, -0.25) is 4.79 Å². The molecule has 6 rings (SSSR count). The van der Waals surface area contributed by atoms with Crippen LogP contribution in [0.3, 0.4) is 0 Å². The Hall–Kier alpha value is -4.84. The average Bonchev–Trinajstić information content (AvgIpc) is 3.46. The third-order valence-corrected chi connectivity index (χ3v) is 8.92. The lowest BCUT2D eigenvalue weighted by Gasteiger charge is -2.41. The van der Waals surface area contributed by atoms with E-state index in [2.05, 4.69) is 30.7 Å². The number of ether oxygens (including phenoxy) is 1. The summed E-state index contributed by atoms with van der Waals surface area (Å²) in [7, 11) is 2.05. The summed E-state index contributed by atoms with van der Waals surface area (Å²) in [5, 5.41) is 22.3. The van der Waals surface area contributed by atoms with Crippen LogP contribution in [0.15, 0.2) is 55.0 Å². The van der Waals surface area contributed by atoms with Gasteiger partial charge in [0.1, 0.15) is 23.7 Å². The first-order chi connectivity index (χ1) is 21.8. The van der Waals surface area contributed by atoms with Crippen LogP contribution in [0.1, 0.15) is 24.8 Å². The molecule has 2 aromatic carbocycles. The number of nitrogens with zero attached hydrogens (tertiary/aromatic N) is 8. The Balaban J connectivity index is 1.48. The predicted octanol–water partition coefficient (Wildman–Crippen LogP) is 5.26. The summed E-state index contributed by atoms with van der Waals surface area (Å²) >= 11 is 6.65. The van der Waals surface area contributed by atoms with E-state index in [4.69, 9.17) is 31.3 Å². The highest BCUT2D eigenvalue weighted by Crippen LogP contribution is 2.38. The van der Waals surface area contributed by atoms with Gasteiger partial charge < -0.3 is 19.4 Å². The highest BCUT2D eigenvalue weighted by atomic mass is 35.5. The first kappa shape index (κ1) is 30.2. The minimum absolute atomic E-state index is 0.0151. The number of halogens is 2. The number of piperazine rings is 1. The summed E-state index contributed by atoms with van der Waals surface area (Å²) in [5.74, 6) is -1.51. The fourth-order valence-electron chi connectivity index (χ4n) is 6.27. The van der Waals surface area contributed by atoms with Gasteiger partial charge in [-0.05, 0) is 43.5 Å². The normalized spacial score (nSPS) is 18.6. The lowest BCUT2D eigenvalue weighted by Crippen LogP contribution is -2.55. The van der Waals surface area contributed by atoms with Gasteiger partial charge in [-0.2, -0.15) is 20.5 Å². The molecule has 2 saturated heterocycles. The average molecular weight is 625 g/mol. The Labute approximate surface area is 264 Å². The molecule has 2 fully saturated rings. The predicted molar refractivity (Wildman–Crippen MR) is 169 cm³/mol. The maximum absolute atomic E-state index is 13.8. The number of rotatable bonds is 7. The molecule has 0 N–H and O–H groups in total. The van der Waals surface area contributed by atoms with E-state index in [1.807, 2.05) is 35.2 Å². The van der Waals surface area contributed by atoms with Crippen molar-refractivity contribution in [3.63, 3.8) is 0 Å². The van der Waals surface area contributed by atoms with Crippen molar-refractivity contribution in [2.45, 2.75) is 31.3 Å². The van der Waals surface area contributed by atoms with Crippen LogP contribution in [0, 0.1) is 22.7 Å². The Morgan fingerprint density at radius 3 is 2.62 bits per heavy atom. The minimum Gasteiger partial charge on any atom is -0.462 e. The molecule has 45 heavy (non-hydrogen) atoms. The van der Waals surface area contributed by atoms with E-state index in [-0.39, 0.29) is 43.7 Å². The Morgan fingerprint density at radius 2 is 1.91 bits per heavy atom. The van der Waals surface area contributed by atoms with Crippen molar-refractivity contribution in [1.29, 1.82) is 10.5 Å². The highest BCUT2D eigenvalue weighted by molar-refractivity contribution is 6.36. The van der Waals surface area contributed by atoms with E-state index in [0.717, 1.165) is 35.7 Å². The van der Waals surface area contributed by atoms with Crippen LogP contribution in [-0.2, 0) is 4.79 Å². The smallest absolute Gasteiger partial charge is 0.319 e. The van der Waals surface area contributed by atoms with Gasteiger partial charge in [0, 0.05) is 47.8 Å². The van der Waals surface area contributed by atoms with Crippen LogP contribution in [0.5, 0.6) is 6.01 Å². The number of aromatic nitrogens is 3. The zero-order valence-electron chi connectivity index (χ0n) is 24.7.